The lowest BCUT2D eigenvalue weighted by Gasteiger charge is -2.15. The molecule has 0 aliphatic rings. The number of ether oxygens (including phenoxy) is 1. The number of halogens is 1. The van der Waals surface area contributed by atoms with Crippen molar-refractivity contribution in [3.05, 3.63) is 65.5 Å². The Balaban J connectivity index is 1.87. The topological polar surface area (TPSA) is 38.3 Å². The summed E-state index contributed by atoms with van der Waals surface area (Å²) in [7, 11) is 0. The first kappa shape index (κ1) is 15.0. The lowest BCUT2D eigenvalue weighted by Crippen LogP contribution is -2.31. The van der Waals surface area contributed by atoms with Crippen molar-refractivity contribution >= 4 is 5.91 Å². The number of carbonyl (C=O) groups excluding carboxylic acids is 1. The molecule has 0 aliphatic carbocycles. The Morgan fingerprint density at radius 2 is 1.86 bits per heavy atom. The molecule has 1 unspecified atom stereocenters. The van der Waals surface area contributed by atoms with Crippen LogP contribution >= 0.6 is 0 Å². The lowest BCUT2D eigenvalue weighted by atomic mass is 10.1. The third kappa shape index (κ3) is 4.31. The second-order valence-electron chi connectivity index (χ2n) is 4.92. The first-order valence-corrected chi connectivity index (χ1v) is 6.79. The summed E-state index contributed by atoms with van der Waals surface area (Å²) < 4.78 is 18.5. The molecular weight excluding hydrogens is 269 g/mol. The van der Waals surface area contributed by atoms with Gasteiger partial charge in [0.15, 0.2) is 18.2 Å². The van der Waals surface area contributed by atoms with Gasteiger partial charge in [0.25, 0.3) is 5.91 Å². The normalized spacial score (nSPS) is 11.8. The zero-order chi connectivity index (χ0) is 15.2. The minimum absolute atomic E-state index is 0.0793. The van der Waals surface area contributed by atoms with Gasteiger partial charge in [-0.25, -0.2) is 4.39 Å². The van der Waals surface area contributed by atoms with Crippen LogP contribution in [0.3, 0.4) is 0 Å². The fraction of sp³-hybridized carbons (Fsp3) is 0.235. The highest BCUT2D eigenvalue weighted by Gasteiger charge is 2.11. The van der Waals surface area contributed by atoms with Gasteiger partial charge in [-0.1, -0.05) is 42.0 Å². The summed E-state index contributed by atoms with van der Waals surface area (Å²) in [5, 5.41) is 2.82. The van der Waals surface area contributed by atoms with Crippen LogP contribution < -0.4 is 10.1 Å². The van der Waals surface area contributed by atoms with E-state index in [2.05, 4.69) is 5.32 Å². The van der Waals surface area contributed by atoms with Crippen LogP contribution in [0.2, 0.25) is 0 Å². The molecule has 1 N–H and O–H groups in total. The largest absolute Gasteiger partial charge is 0.481 e. The highest BCUT2D eigenvalue weighted by atomic mass is 19.1. The van der Waals surface area contributed by atoms with E-state index in [1.165, 1.54) is 17.7 Å². The number of hydrogen-bond donors (Lipinski definition) is 1. The van der Waals surface area contributed by atoms with Crippen LogP contribution in [-0.2, 0) is 4.79 Å². The number of para-hydroxylation sites is 1. The zero-order valence-electron chi connectivity index (χ0n) is 12.1. The van der Waals surface area contributed by atoms with Gasteiger partial charge < -0.3 is 10.1 Å². The Hall–Kier alpha value is -2.36. The summed E-state index contributed by atoms with van der Waals surface area (Å²) in [5.74, 6) is -0.682. The van der Waals surface area contributed by atoms with Gasteiger partial charge in [0.05, 0.1) is 6.04 Å². The third-order valence-electron chi connectivity index (χ3n) is 3.15. The van der Waals surface area contributed by atoms with Crippen LogP contribution in [0.4, 0.5) is 4.39 Å². The molecule has 0 spiro atoms. The van der Waals surface area contributed by atoms with Crippen LogP contribution in [0.15, 0.2) is 48.5 Å². The smallest absolute Gasteiger partial charge is 0.258 e. The number of nitrogens with one attached hydrogen (secondary N) is 1. The maximum atomic E-state index is 13.3. The summed E-state index contributed by atoms with van der Waals surface area (Å²) in [5.41, 5.74) is 2.18. The molecule has 0 saturated heterocycles. The minimum atomic E-state index is -0.475. The molecule has 4 heteroatoms. The molecule has 0 bridgehead atoms. The summed E-state index contributed by atoms with van der Waals surface area (Å²) in [6, 6.07) is 13.8. The molecule has 21 heavy (non-hydrogen) atoms. The van der Waals surface area contributed by atoms with Gasteiger partial charge in [0, 0.05) is 0 Å². The van der Waals surface area contributed by atoms with Gasteiger partial charge in [-0.15, -0.1) is 0 Å². The van der Waals surface area contributed by atoms with E-state index in [1.54, 1.807) is 12.1 Å². The number of amides is 1. The Morgan fingerprint density at radius 3 is 2.52 bits per heavy atom. The van der Waals surface area contributed by atoms with Crippen molar-refractivity contribution in [1.29, 1.82) is 0 Å². The molecule has 0 aliphatic heterocycles. The summed E-state index contributed by atoms with van der Waals surface area (Å²) in [6.07, 6.45) is 0. The summed E-state index contributed by atoms with van der Waals surface area (Å²) in [4.78, 5) is 11.8. The van der Waals surface area contributed by atoms with E-state index in [0.29, 0.717) is 0 Å². The standard InChI is InChI=1S/C17H18FNO2/c1-12-7-9-14(10-8-12)13(2)19-17(20)11-21-16-6-4-3-5-15(16)18/h3-10,13H,11H2,1-2H3,(H,19,20). The second-order valence-corrected chi connectivity index (χ2v) is 4.92. The molecule has 0 radical (unpaired) electrons. The average molecular weight is 287 g/mol. The van der Waals surface area contributed by atoms with E-state index >= 15 is 0 Å². The number of carbonyl (C=O) groups is 1. The predicted octanol–water partition coefficient (Wildman–Crippen LogP) is 3.39. The molecule has 1 amide bonds. The number of aryl methyl sites for hydroxylation is 1. The molecule has 0 fully saturated rings. The number of benzene rings is 2. The summed E-state index contributed by atoms with van der Waals surface area (Å²) >= 11 is 0. The molecule has 2 aromatic carbocycles. The van der Waals surface area contributed by atoms with Crippen molar-refractivity contribution in [2.75, 3.05) is 6.61 Å². The van der Waals surface area contributed by atoms with Gasteiger partial charge in [0.1, 0.15) is 0 Å². The monoisotopic (exact) mass is 287 g/mol. The van der Waals surface area contributed by atoms with Gasteiger partial charge in [-0.3, -0.25) is 4.79 Å². The SMILES string of the molecule is Cc1ccc(C(C)NC(=O)COc2ccccc2F)cc1. The highest BCUT2D eigenvalue weighted by Crippen LogP contribution is 2.16. The van der Waals surface area contributed by atoms with Crippen molar-refractivity contribution in [3.63, 3.8) is 0 Å². The maximum absolute atomic E-state index is 13.3. The van der Waals surface area contributed by atoms with Gasteiger partial charge >= 0.3 is 0 Å². The van der Waals surface area contributed by atoms with E-state index in [0.717, 1.165) is 5.56 Å². The fourth-order valence-electron chi connectivity index (χ4n) is 1.93. The summed E-state index contributed by atoms with van der Waals surface area (Å²) in [6.45, 7) is 3.69. The van der Waals surface area contributed by atoms with Crippen LogP contribution in [0.5, 0.6) is 5.75 Å². The van der Waals surface area contributed by atoms with Gasteiger partial charge in [0.2, 0.25) is 0 Å². The zero-order valence-corrected chi connectivity index (χ0v) is 12.1. The number of hydrogen-bond acceptors (Lipinski definition) is 2. The van der Waals surface area contributed by atoms with Crippen LogP contribution in [-0.4, -0.2) is 12.5 Å². The first-order chi connectivity index (χ1) is 10.1. The predicted molar refractivity (Wildman–Crippen MR) is 79.6 cm³/mol. The van der Waals surface area contributed by atoms with Crippen LogP contribution in [0, 0.1) is 12.7 Å². The molecule has 110 valence electrons. The first-order valence-electron chi connectivity index (χ1n) is 6.79. The van der Waals surface area contributed by atoms with Crippen molar-refractivity contribution in [1.82, 2.24) is 5.32 Å². The van der Waals surface area contributed by atoms with Crippen molar-refractivity contribution < 1.29 is 13.9 Å². The fourth-order valence-corrected chi connectivity index (χ4v) is 1.93. The maximum Gasteiger partial charge on any atom is 0.258 e. The molecule has 0 heterocycles. The molecule has 2 rings (SSSR count). The van der Waals surface area contributed by atoms with Gasteiger partial charge in [-0.05, 0) is 31.5 Å². The van der Waals surface area contributed by atoms with Crippen LogP contribution in [0.1, 0.15) is 24.1 Å². The highest BCUT2D eigenvalue weighted by molar-refractivity contribution is 5.78. The van der Waals surface area contributed by atoms with Crippen LogP contribution in [0.25, 0.3) is 0 Å². The Labute approximate surface area is 123 Å². The van der Waals surface area contributed by atoms with E-state index < -0.39 is 5.82 Å². The molecular formula is C17H18FNO2. The second kappa shape index (κ2) is 6.88. The Kier molecular flexibility index (Phi) is 4.93. The third-order valence-corrected chi connectivity index (χ3v) is 3.15. The average Bonchev–Trinajstić information content (AvgIpc) is 2.47. The van der Waals surface area contributed by atoms with E-state index in [1.807, 2.05) is 38.1 Å². The quantitative estimate of drug-likeness (QED) is 0.915. The molecule has 0 saturated carbocycles. The lowest BCUT2D eigenvalue weighted by molar-refractivity contribution is -0.123. The molecule has 1 atom stereocenters. The van der Waals surface area contributed by atoms with Crippen molar-refractivity contribution in [3.8, 4) is 5.75 Å². The number of rotatable bonds is 5. The molecule has 3 nitrogen and oxygen atoms in total. The van der Waals surface area contributed by atoms with E-state index in [4.69, 9.17) is 4.74 Å². The Bertz CT molecular complexity index is 610. The van der Waals surface area contributed by atoms with Crippen molar-refractivity contribution in [2.45, 2.75) is 19.9 Å². The molecule has 2 aromatic rings. The Morgan fingerprint density at radius 1 is 1.19 bits per heavy atom. The van der Waals surface area contributed by atoms with E-state index in [-0.39, 0.29) is 24.3 Å². The minimum Gasteiger partial charge on any atom is -0.481 e. The van der Waals surface area contributed by atoms with E-state index in [9.17, 15) is 9.18 Å². The van der Waals surface area contributed by atoms with Gasteiger partial charge in [-0.2, -0.15) is 0 Å². The molecule has 0 aromatic heterocycles. The van der Waals surface area contributed by atoms with Crippen molar-refractivity contribution in [2.24, 2.45) is 0 Å².